The van der Waals surface area contributed by atoms with E-state index in [1.807, 2.05) is 26.0 Å². The van der Waals surface area contributed by atoms with Crippen LogP contribution in [0.15, 0.2) is 54.9 Å². The van der Waals surface area contributed by atoms with Gasteiger partial charge in [0.15, 0.2) is 0 Å². The number of aromatic nitrogens is 2. The number of nitrogens with one attached hydrogen (secondary N) is 2. The maximum absolute atomic E-state index is 13.6. The second-order valence-corrected chi connectivity index (χ2v) is 6.39. The Kier molecular flexibility index (Phi) is 5.76. The van der Waals surface area contributed by atoms with Crippen LogP contribution >= 0.6 is 0 Å². The van der Waals surface area contributed by atoms with Crippen LogP contribution in [-0.4, -0.2) is 22.4 Å². The lowest BCUT2D eigenvalue weighted by Gasteiger charge is -2.08. The summed E-state index contributed by atoms with van der Waals surface area (Å²) in [5.74, 6) is -0.135. The zero-order chi connectivity index (χ0) is 19.2. The average Bonchev–Trinajstić information content (AvgIpc) is 2.63. The first-order valence-corrected chi connectivity index (χ1v) is 8.70. The fraction of sp³-hybridized carbons (Fsp3) is 0.190. The maximum Gasteiger partial charge on any atom is 0.254 e. The molecule has 0 fully saturated rings. The molecule has 2 N–H and O–H groups in total. The molecule has 3 rings (SSSR count). The third kappa shape index (κ3) is 5.10. The van der Waals surface area contributed by atoms with Crippen molar-refractivity contribution in [2.24, 2.45) is 0 Å². The van der Waals surface area contributed by atoms with E-state index in [4.69, 9.17) is 0 Å². The summed E-state index contributed by atoms with van der Waals surface area (Å²) in [4.78, 5) is 20.6. The lowest BCUT2D eigenvalue weighted by molar-refractivity contribution is 0.0953. The van der Waals surface area contributed by atoms with Crippen LogP contribution in [0.2, 0.25) is 0 Å². The first-order valence-electron chi connectivity index (χ1n) is 8.70. The van der Waals surface area contributed by atoms with E-state index < -0.39 is 0 Å². The molecule has 0 atom stereocenters. The Morgan fingerprint density at radius 3 is 2.37 bits per heavy atom. The van der Waals surface area contributed by atoms with Gasteiger partial charge in [0.05, 0.1) is 5.56 Å². The van der Waals surface area contributed by atoms with Gasteiger partial charge in [0.25, 0.3) is 5.91 Å². The van der Waals surface area contributed by atoms with E-state index in [-0.39, 0.29) is 11.7 Å². The van der Waals surface area contributed by atoms with Gasteiger partial charge in [-0.15, -0.1) is 0 Å². The molecular weight excluding hydrogens is 343 g/mol. The molecule has 0 unspecified atom stereocenters. The number of rotatable bonds is 6. The standard InChI is InChI=1S/C21H21FN4O/c1-14-9-15(2)11-18(10-14)26-21-24-12-17(13-25-21)20(27)23-8-7-16-5-3-4-6-19(16)22/h3-6,9-13H,7-8H2,1-2H3,(H,23,27)(H,24,25,26). The first kappa shape index (κ1) is 18.5. The van der Waals surface area contributed by atoms with Gasteiger partial charge >= 0.3 is 0 Å². The van der Waals surface area contributed by atoms with E-state index in [0.29, 0.717) is 30.0 Å². The molecule has 0 saturated heterocycles. The minimum Gasteiger partial charge on any atom is -0.352 e. The van der Waals surface area contributed by atoms with Crippen LogP contribution in [0.1, 0.15) is 27.0 Å². The number of halogens is 1. The van der Waals surface area contributed by atoms with Crippen LogP contribution < -0.4 is 10.6 Å². The molecule has 0 bridgehead atoms. The molecule has 1 heterocycles. The predicted molar refractivity (Wildman–Crippen MR) is 104 cm³/mol. The predicted octanol–water partition coefficient (Wildman–Crippen LogP) is 3.95. The number of anilines is 2. The Morgan fingerprint density at radius 2 is 1.70 bits per heavy atom. The largest absolute Gasteiger partial charge is 0.352 e. The van der Waals surface area contributed by atoms with Gasteiger partial charge in [-0.2, -0.15) is 0 Å². The monoisotopic (exact) mass is 364 g/mol. The Balaban J connectivity index is 1.56. The van der Waals surface area contributed by atoms with Crippen LogP contribution in [0.25, 0.3) is 0 Å². The van der Waals surface area contributed by atoms with Crippen molar-refractivity contribution in [3.63, 3.8) is 0 Å². The summed E-state index contributed by atoms with van der Waals surface area (Å²) in [5.41, 5.74) is 4.11. The van der Waals surface area contributed by atoms with Gasteiger partial charge in [-0.1, -0.05) is 24.3 Å². The molecule has 5 nitrogen and oxygen atoms in total. The number of carbonyl (C=O) groups excluding carboxylic acids is 1. The highest BCUT2D eigenvalue weighted by atomic mass is 19.1. The molecule has 3 aromatic rings. The number of nitrogens with zero attached hydrogens (tertiary/aromatic N) is 2. The molecule has 6 heteroatoms. The SMILES string of the molecule is Cc1cc(C)cc(Nc2ncc(C(=O)NCCc3ccccc3F)cn2)c1. The van der Waals surface area contributed by atoms with Crippen molar-refractivity contribution >= 4 is 17.5 Å². The molecule has 1 amide bonds. The van der Waals surface area contributed by atoms with Crippen molar-refractivity contribution < 1.29 is 9.18 Å². The summed E-state index contributed by atoms with van der Waals surface area (Å²) < 4.78 is 13.6. The zero-order valence-electron chi connectivity index (χ0n) is 15.3. The molecule has 138 valence electrons. The third-order valence-corrected chi connectivity index (χ3v) is 4.03. The molecule has 0 saturated carbocycles. The van der Waals surface area contributed by atoms with E-state index in [1.54, 1.807) is 18.2 Å². The van der Waals surface area contributed by atoms with Crippen LogP contribution in [0.5, 0.6) is 0 Å². The van der Waals surface area contributed by atoms with Crippen LogP contribution in [0, 0.1) is 19.7 Å². The van der Waals surface area contributed by atoms with Crippen LogP contribution in [0.4, 0.5) is 16.0 Å². The molecule has 0 aliphatic heterocycles. The maximum atomic E-state index is 13.6. The Hall–Kier alpha value is -3.28. The second-order valence-electron chi connectivity index (χ2n) is 6.39. The van der Waals surface area contributed by atoms with E-state index in [9.17, 15) is 9.18 Å². The van der Waals surface area contributed by atoms with Crippen molar-refractivity contribution in [1.82, 2.24) is 15.3 Å². The normalized spacial score (nSPS) is 10.5. The van der Waals surface area contributed by atoms with Gasteiger partial charge in [-0.25, -0.2) is 14.4 Å². The van der Waals surface area contributed by atoms with Gasteiger partial charge in [0.1, 0.15) is 5.82 Å². The molecule has 0 radical (unpaired) electrons. The summed E-state index contributed by atoms with van der Waals surface area (Å²) in [6.45, 7) is 4.38. The average molecular weight is 364 g/mol. The highest BCUT2D eigenvalue weighted by molar-refractivity contribution is 5.93. The molecule has 1 aromatic heterocycles. The summed E-state index contributed by atoms with van der Waals surface area (Å²) in [6, 6.07) is 12.6. The van der Waals surface area contributed by atoms with Crippen molar-refractivity contribution in [3.8, 4) is 0 Å². The lowest BCUT2D eigenvalue weighted by Crippen LogP contribution is -2.26. The Labute approximate surface area is 157 Å². The lowest BCUT2D eigenvalue weighted by atomic mass is 10.1. The topological polar surface area (TPSA) is 66.9 Å². The highest BCUT2D eigenvalue weighted by Gasteiger charge is 2.08. The second kappa shape index (κ2) is 8.40. The number of hydrogen-bond donors (Lipinski definition) is 2. The van der Waals surface area contributed by atoms with Crippen LogP contribution in [0.3, 0.4) is 0 Å². The molecular formula is C21H21FN4O. The minimum atomic E-state index is -0.288. The van der Waals surface area contributed by atoms with Gasteiger partial charge in [0.2, 0.25) is 5.95 Å². The van der Waals surface area contributed by atoms with Gasteiger partial charge in [-0.05, 0) is 55.2 Å². The van der Waals surface area contributed by atoms with Crippen molar-refractivity contribution in [1.29, 1.82) is 0 Å². The molecule has 0 spiro atoms. The Bertz CT molecular complexity index is 921. The summed E-state index contributed by atoms with van der Waals surface area (Å²) in [7, 11) is 0. The number of amides is 1. The number of benzene rings is 2. The summed E-state index contributed by atoms with van der Waals surface area (Å²) >= 11 is 0. The van der Waals surface area contributed by atoms with E-state index in [1.165, 1.54) is 18.5 Å². The van der Waals surface area contributed by atoms with E-state index in [0.717, 1.165) is 16.8 Å². The van der Waals surface area contributed by atoms with Gasteiger partial charge in [-0.3, -0.25) is 4.79 Å². The van der Waals surface area contributed by atoms with E-state index in [2.05, 4.69) is 26.7 Å². The third-order valence-electron chi connectivity index (χ3n) is 4.03. The molecule has 27 heavy (non-hydrogen) atoms. The minimum absolute atomic E-state index is 0.267. The van der Waals surface area contributed by atoms with Crippen molar-refractivity contribution in [2.75, 3.05) is 11.9 Å². The van der Waals surface area contributed by atoms with E-state index >= 15 is 0 Å². The molecule has 0 aliphatic carbocycles. The fourth-order valence-corrected chi connectivity index (χ4v) is 2.80. The number of carbonyl (C=O) groups is 1. The quantitative estimate of drug-likeness (QED) is 0.695. The van der Waals surface area contributed by atoms with Gasteiger partial charge in [0, 0.05) is 24.6 Å². The van der Waals surface area contributed by atoms with Crippen LogP contribution in [-0.2, 0) is 6.42 Å². The van der Waals surface area contributed by atoms with Crippen molar-refractivity contribution in [2.45, 2.75) is 20.3 Å². The van der Waals surface area contributed by atoms with Crippen molar-refractivity contribution in [3.05, 3.63) is 82.9 Å². The number of aryl methyl sites for hydroxylation is 2. The summed E-state index contributed by atoms with van der Waals surface area (Å²) in [6.07, 6.45) is 3.36. The smallest absolute Gasteiger partial charge is 0.254 e. The Morgan fingerprint density at radius 1 is 1.04 bits per heavy atom. The zero-order valence-corrected chi connectivity index (χ0v) is 15.3. The summed E-state index contributed by atoms with van der Waals surface area (Å²) in [5, 5.41) is 5.88. The molecule has 2 aromatic carbocycles. The number of hydrogen-bond acceptors (Lipinski definition) is 4. The molecule has 0 aliphatic rings. The van der Waals surface area contributed by atoms with Gasteiger partial charge < -0.3 is 10.6 Å². The highest BCUT2D eigenvalue weighted by Crippen LogP contribution is 2.17. The fourth-order valence-electron chi connectivity index (χ4n) is 2.80. The first-order chi connectivity index (χ1) is 13.0.